The molecule has 1 aliphatic rings. The van der Waals surface area contributed by atoms with Crippen LogP contribution in [0.1, 0.15) is 19.8 Å². The Labute approximate surface area is 113 Å². The van der Waals surface area contributed by atoms with E-state index in [1.807, 2.05) is 37.4 Å². The average Bonchev–Trinajstić information content (AvgIpc) is 2.36. The van der Waals surface area contributed by atoms with Crippen molar-refractivity contribution in [3.05, 3.63) is 30.5 Å². The molecule has 19 heavy (non-hydrogen) atoms. The van der Waals surface area contributed by atoms with Crippen molar-refractivity contribution >= 4 is 22.3 Å². The summed E-state index contributed by atoms with van der Waals surface area (Å²) in [6.07, 6.45) is 4.40. The van der Waals surface area contributed by atoms with Crippen molar-refractivity contribution in [2.75, 3.05) is 17.7 Å². The third kappa shape index (κ3) is 2.49. The fraction of sp³-hybridized carbons (Fsp3) is 0.400. The number of aromatic nitrogens is 1. The van der Waals surface area contributed by atoms with Crippen LogP contribution in [0.2, 0.25) is 0 Å². The highest BCUT2D eigenvalue weighted by molar-refractivity contribution is 5.92. The maximum Gasteiger partial charge on any atom is 0.0743 e. The number of ether oxygens (including phenoxy) is 1. The van der Waals surface area contributed by atoms with Gasteiger partial charge in [-0.15, -0.1) is 0 Å². The zero-order chi connectivity index (χ0) is 13.2. The first-order valence-corrected chi connectivity index (χ1v) is 6.78. The largest absolute Gasteiger partial charge is 0.399 e. The highest BCUT2D eigenvalue weighted by atomic mass is 16.5. The second-order valence-electron chi connectivity index (χ2n) is 5.03. The fourth-order valence-corrected chi connectivity index (χ4v) is 2.57. The fourth-order valence-electron chi connectivity index (χ4n) is 2.57. The molecule has 100 valence electrons. The average molecular weight is 257 g/mol. The van der Waals surface area contributed by atoms with E-state index < -0.39 is 0 Å². The van der Waals surface area contributed by atoms with E-state index >= 15 is 0 Å². The molecule has 1 heterocycles. The summed E-state index contributed by atoms with van der Waals surface area (Å²) in [5, 5.41) is 4.69. The molecule has 4 nitrogen and oxygen atoms in total. The molecule has 0 bridgehead atoms. The quantitative estimate of drug-likeness (QED) is 0.827. The first kappa shape index (κ1) is 12.2. The number of benzene rings is 1. The number of nitrogens with zero attached hydrogens (tertiary/aromatic N) is 1. The van der Waals surface area contributed by atoms with Crippen LogP contribution in [0.5, 0.6) is 0 Å². The second-order valence-corrected chi connectivity index (χ2v) is 5.03. The van der Waals surface area contributed by atoms with Crippen LogP contribution in [0.15, 0.2) is 30.5 Å². The van der Waals surface area contributed by atoms with Gasteiger partial charge >= 0.3 is 0 Å². The summed E-state index contributed by atoms with van der Waals surface area (Å²) in [6, 6.07) is 8.37. The van der Waals surface area contributed by atoms with Crippen LogP contribution in [0.25, 0.3) is 10.9 Å². The van der Waals surface area contributed by atoms with Crippen molar-refractivity contribution in [2.45, 2.75) is 31.9 Å². The van der Waals surface area contributed by atoms with Gasteiger partial charge in [0.2, 0.25) is 0 Å². The molecule has 4 heteroatoms. The minimum absolute atomic E-state index is 0.422. The van der Waals surface area contributed by atoms with Crippen molar-refractivity contribution in [1.82, 2.24) is 4.98 Å². The van der Waals surface area contributed by atoms with Gasteiger partial charge in [-0.05, 0) is 44.0 Å². The number of hydrogen-bond acceptors (Lipinski definition) is 4. The van der Waals surface area contributed by atoms with Crippen LogP contribution in [-0.4, -0.2) is 23.7 Å². The van der Waals surface area contributed by atoms with Crippen LogP contribution >= 0.6 is 0 Å². The van der Waals surface area contributed by atoms with Crippen molar-refractivity contribution in [3.63, 3.8) is 0 Å². The Hall–Kier alpha value is -1.81. The lowest BCUT2D eigenvalue weighted by molar-refractivity contribution is 0.00302. The van der Waals surface area contributed by atoms with Gasteiger partial charge in [0.1, 0.15) is 0 Å². The minimum atomic E-state index is 0.422. The summed E-state index contributed by atoms with van der Waals surface area (Å²) < 4.78 is 5.58. The summed E-state index contributed by atoms with van der Waals surface area (Å²) in [5.41, 5.74) is 8.60. The molecule has 0 amide bonds. The number of nitrogens with two attached hydrogens (primary N) is 1. The molecule has 0 aliphatic heterocycles. The summed E-state index contributed by atoms with van der Waals surface area (Å²) >= 11 is 0. The summed E-state index contributed by atoms with van der Waals surface area (Å²) in [5.74, 6) is 0. The molecule has 3 N–H and O–H groups in total. The number of anilines is 2. The molecule has 1 aliphatic carbocycles. The van der Waals surface area contributed by atoms with Crippen LogP contribution in [0.4, 0.5) is 11.4 Å². The van der Waals surface area contributed by atoms with Gasteiger partial charge in [-0.2, -0.15) is 0 Å². The molecular formula is C15H19N3O. The molecule has 3 rings (SSSR count). The third-order valence-electron chi connectivity index (χ3n) is 3.62. The Bertz CT molecular complexity index is 579. The predicted molar refractivity (Wildman–Crippen MR) is 78.2 cm³/mol. The second kappa shape index (κ2) is 5.05. The van der Waals surface area contributed by atoms with E-state index in [9.17, 15) is 0 Å². The number of pyridine rings is 1. The molecule has 0 saturated heterocycles. The van der Waals surface area contributed by atoms with Gasteiger partial charge in [0, 0.05) is 35.6 Å². The van der Waals surface area contributed by atoms with Gasteiger partial charge in [0.25, 0.3) is 0 Å². The Balaban J connectivity index is 1.75. The normalized spacial score (nSPS) is 22.2. The predicted octanol–water partition coefficient (Wildman–Crippen LogP) is 2.80. The van der Waals surface area contributed by atoms with Gasteiger partial charge in [-0.25, -0.2) is 0 Å². The Morgan fingerprint density at radius 3 is 3.00 bits per heavy atom. The van der Waals surface area contributed by atoms with E-state index in [2.05, 4.69) is 10.3 Å². The Kier molecular flexibility index (Phi) is 3.25. The third-order valence-corrected chi connectivity index (χ3v) is 3.62. The molecule has 1 saturated carbocycles. The Morgan fingerprint density at radius 2 is 2.21 bits per heavy atom. The van der Waals surface area contributed by atoms with Crippen LogP contribution in [0, 0.1) is 0 Å². The standard InChI is InChI=1S/C15H19N3O/c1-2-19-12-8-11(9-12)18-14-5-6-17-15-7-10(16)3-4-13(14)15/h3-7,11-12H,2,8-9,16H2,1H3,(H,17,18). The van der Waals surface area contributed by atoms with Crippen LogP contribution < -0.4 is 11.1 Å². The van der Waals surface area contributed by atoms with Crippen molar-refractivity contribution < 1.29 is 4.74 Å². The zero-order valence-electron chi connectivity index (χ0n) is 11.1. The van der Waals surface area contributed by atoms with Crippen molar-refractivity contribution in [2.24, 2.45) is 0 Å². The molecule has 0 spiro atoms. The summed E-state index contributed by atoms with van der Waals surface area (Å²) in [7, 11) is 0. The maximum atomic E-state index is 5.79. The van der Waals surface area contributed by atoms with E-state index in [1.165, 1.54) is 0 Å². The number of hydrogen-bond donors (Lipinski definition) is 2. The smallest absolute Gasteiger partial charge is 0.0743 e. The van der Waals surface area contributed by atoms with Gasteiger partial charge in [0.05, 0.1) is 11.6 Å². The summed E-state index contributed by atoms with van der Waals surface area (Å²) in [6.45, 7) is 2.84. The Morgan fingerprint density at radius 1 is 1.37 bits per heavy atom. The number of nitrogen functional groups attached to an aromatic ring is 1. The molecular weight excluding hydrogens is 238 g/mol. The maximum absolute atomic E-state index is 5.79. The monoisotopic (exact) mass is 257 g/mol. The van der Waals surface area contributed by atoms with E-state index in [0.29, 0.717) is 12.1 Å². The summed E-state index contributed by atoms with van der Waals surface area (Å²) in [4.78, 5) is 4.35. The van der Waals surface area contributed by atoms with Crippen LogP contribution in [-0.2, 0) is 4.74 Å². The molecule has 0 radical (unpaired) electrons. The minimum Gasteiger partial charge on any atom is -0.399 e. The van der Waals surface area contributed by atoms with Gasteiger partial charge in [-0.3, -0.25) is 4.98 Å². The molecule has 0 unspecified atom stereocenters. The first-order chi connectivity index (χ1) is 9.26. The zero-order valence-corrected chi connectivity index (χ0v) is 11.1. The number of nitrogens with one attached hydrogen (secondary N) is 1. The highest BCUT2D eigenvalue weighted by Crippen LogP contribution is 2.30. The van der Waals surface area contributed by atoms with Gasteiger partial charge in [-0.1, -0.05) is 0 Å². The van der Waals surface area contributed by atoms with Gasteiger partial charge < -0.3 is 15.8 Å². The highest BCUT2D eigenvalue weighted by Gasteiger charge is 2.29. The number of fused-ring (bicyclic) bond motifs is 1. The molecule has 2 aromatic rings. The lowest BCUT2D eigenvalue weighted by Crippen LogP contribution is -2.40. The lowest BCUT2D eigenvalue weighted by Gasteiger charge is -2.36. The topological polar surface area (TPSA) is 60.2 Å². The molecule has 1 aromatic heterocycles. The molecule has 0 atom stereocenters. The first-order valence-electron chi connectivity index (χ1n) is 6.78. The van der Waals surface area contributed by atoms with Gasteiger partial charge in [0.15, 0.2) is 0 Å². The van der Waals surface area contributed by atoms with E-state index in [1.54, 1.807) is 0 Å². The van der Waals surface area contributed by atoms with Crippen LogP contribution in [0.3, 0.4) is 0 Å². The van der Waals surface area contributed by atoms with Crippen molar-refractivity contribution in [1.29, 1.82) is 0 Å². The van der Waals surface area contributed by atoms with E-state index in [-0.39, 0.29) is 0 Å². The number of rotatable bonds is 4. The lowest BCUT2D eigenvalue weighted by atomic mass is 9.89. The SMILES string of the molecule is CCOC1CC(Nc2ccnc3cc(N)ccc23)C1. The molecule has 1 fully saturated rings. The molecule has 1 aromatic carbocycles. The van der Waals surface area contributed by atoms with E-state index in [0.717, 1.165) is 41.7 Å². The van der Waals surface area contributed by atoms with E-state index in [4.69, 9.17) is 10.5 Å². The van der Waals surface area contributed by atoms with Crippen molar-refractivity contribution in [3.8, 4) is 0 Å².